The van der Waals surface area contributed by atoms with Crippen LogP contribution in [0.2, 0.25) is 5.02 Å². The largest absolute Gasteiger partial charge is 0.489 e. The molecule has 0 bridgehead atoms. The minimum atomic E-state index is 0.540. The average molecular weight is 262 g/mol. The summed E-state index contributed by atoms with van der Waals surface area (Å²) in [6.45, 7) is 1.10. The molecule has 0 aliphatic rings. The molecule has 0 spiro atoms. The van der Waals surface area contributed by atoms with E-state index in [9.17, 15) is 0 Å². The summed E-state index contributed by atoms with van der Waals surface area (Å²) in [6.07, 6.45) is 0.726. The lowest BCUT2D eigenvalue weighted by molar-refractivity contribution is 0.303. The standard InChI is InChI=1S/C15H16ClNO/c16-14-7-4-8-15(13(14)9-10-17)18-11-12-5-2-1-3-6-12/h1-8H,9-11,17H2. The summed E-state index contributed by atoms with van der Waals surface area (Å²) < 4.78 is 5.82. The van der Waals surface area contributed by atoms with Gasteiger partial charge in [0, 0.05) is 10.6 Å². The Bertz CT molecular complexity index is 499. The zero-order valence-corrected chi connectivity index (χ0v) is 10.9. The van der Waals surface area contributed by atoms with Gasteiger partial charge in [-0.15, -0.1) is 0 Å². The minimum Gasteiger partial charge on any atom is -0.489 e. The predicted molar refractivity (Wildman–Crippen MR) is 75.0 cm³/mol. The van der Waals surface area contributed by atoms with Crippen molar-refractivity contribution in [1.82, 2.24) is 0 Å². The van der Waals surface area contributed by atoms with Crippen LogP contribution in [0.4, 0.5) is 0 Å². The maximum absolute atomic E-state index is 6.15. The van der Waals surface area contributed by atoms with E-state index in [1.807, 2.05) is 48.5 Å². The van der Waals surface area contributed by atoms with Crippen LogP contribution in [-0.2, 0) is 13.0 Å². The van der Waals surface area contributed by atoms with Gasteiger partial charge >= 0.3 is 0 Å². The highest BCUT2D eigenvalue weighted by atomic mass is 35.5. The Hall–Kier alpha value is -1.51. The van der Waals surface area contributed by atoms with Crippen molar-refractivity contribution in [3.63, 3.8) is 0 Å². The first kappa shape index (κ1) is 12.9. The second kappa shape index (κ2) is 6.43. The Morgan fingerprint density at radius 2 is 1.78 bits per heavy atom. The lowest BCUT2D eigenvalue weighted by Crippen LogP contribution is -2.06. The molecule has 0 amide bonds. The SMILES string of the molecule is NCCc1c(Cl)cccc1OCc1ccccc1. The summed E-state index contributed by atoms with van der Waals surface area (Å²) in [5.41, 5.74) is 7.71. The van der Waals surface area contributed by atoms with Gasteiger partial charge in [0.15, 0.2) is 0 Å². The Balaban J connectivity index is 2.11. The maximum Gasteiger partial charge on any atom is 0.124 e. The normalized spacial score (nSPS) is 10.3. The van der Waals surface area contributed by atoms with E-state index in [0.29, 0.717) is 18.2 Å². The van der Waals surface area contributed by atoms with Crippen LogP contribution in [0.15, 0.2) is 48.5 Å². The van der Waals surface area contributed by atoms with Gasteiger partial charge in [0.25, 0.3) is 0 Å². The van der Waals surface area contributed by atoms with Crippen molar-refractivity contribution in [2.75, 3.05) is 6.54 Å². The Labute approximate surface area is 112 Å². The Morgan fingerprint density at radius 1 is 1.00 bits per heavy atom. The van der Waals surface area contributed by atoms with Crippen molar-refractivity contribution < 1.29 is 4.74 Å². The molecule has 0 atom stereocenters. The Kier molecular flexibility index (Phi) is 4.62. The molecular weight excluding hydrogens is 246 g/mol. The fourth-order valence-corrected chi connectivity index (χ4v) is 2.06. The van der Waals surface area contributed by atoms with E-state index < -0.39 is 0 Å². The number of halogens is 1. The zero-order chi connectivity index (χ0) is 12.8. The van der Waals surface area contributed by atoms with Gasteiger partial charge in [0.2, 0.25) is 0 Å². The van der Waals surface area contributed by atoms with Crippen LogP contribution in [-0.4, -0.2) is 6.54 Å². The average Bonchev–Trinajstić information content (AvgIpc) is 2.41. The van der Waals surface area contributed by atoms with Crippen LogP contribution in [0.25, 0.3) is 0 Å². The highest BCUT2D eigenvalue weighted by molar-refractivity contribution is 6.31. The highest BCUT2D eigenvalue weighted by Gasteiger charge is 2.07. The van der Waals surface area contributed by atoms with Crippen molar-refractivity contribution in [1.29, 1.82) is 0 Å². The molecule has 0 saturated carbocycles. The van der Waals surface area contributed by atoms with Crippen LogP contribution < -0.4 is 10.5 Å². The summed E-state index contributed by atoms with van der Waals surface area (Å²) in [5.74, 6) is 0.816. The van der Waals surface area contributed by atoms with Gasteiger partial charge < -0.3 is 10.5 Å². The van der Waals surface area contributed by atoms with Crippen LogP contribution in [0.1, 0.15) is 11.1 Å². The summed E-state index contributed by atoms with van der Waals surface area (Å²) in [6, 6.07) is 15.7. The highest BCUT2D eigenvalue weighted by Crippen LogP contribution is 2.27. The summed E-state index contributed by atoms with van der Waals surface area (Å²) in [7, 11) is 0. The van der Waals surface area contributed by atoms with E-state index in [1.165, 1.54) is 0 Å². The fourth-order valence-electron chi connectivity index (χ4n) is 1.80. The first-order valence-corrected chi connectivity index (χ1v) is 6.33. The summed E-state index contributed by atoms with van der Waals surface area (Å²) in [4.78, 5) is 0. The molecule has 0 aliphatic heterocycles. The van der Waals surface area contributed by atoms with Crippen LogP contribution >= 0.6 is 11.6 Å². The van der Waals surface area contributed by atoms with E-state index in [0.717, 1.165) is 23.3 Å². The Morgan fingerprint density at radius 3 is 2.50 bits per heavy atom. The third kappa shape index (κ3) is 3.25. The van der Waals surface area contributed by atoms with Crippen molar-refractivity contribution in [3.8, 4) is 5.75 Å². The molecule has 18 heavy (non-hydrogen) atoms. The third-order valence-electron chi connectivity index (χ3n) is 2.71. The van der Waals surface area contributed by atoms with Gasteiger partial charge in [-0.3, -0.25) is 0 Å². The quantitative estimate of drug-likeness (QED) is 0.895. The van der Waals surface area contributed by atoms with E-state index in [2.05, 4.69) is 0 Å². The van der Waals surface area contributed by atoms with E-state index in [-0.39, 0.29) is 0 Å². The lowest BCUT2D eigenvalue weighted by atomic mass is 10.1. The first-order valence-electron chi connectivity index (χ1n) is 5.95. The molecule has 94 valence electrons. The number of nitrogens with two attached hydrogens (primary N) is 1. The molecule has 0 aliphatic carbocycles. The van der Waals surface area contributed by atoms with Crippen LogP contribution in [0.5, 0.6) is 5.75 Å². The number of hydrogen-bond acceptors (Lipinski definition) is 2. The van der Waals surface area contributed by atoms with Gasteiger partial charge in [0.1, 0.15) is 12.4 Å². The number of hydrogen-bond donors (Lipinski definition) is 1. The fraction of sp³-hybridized carbons (Fsp3) is 0.200. The molecule has 0 aromatic heterocycles. The monoisotopic (exact) mass is 261 g/mol. The molecule has 0 radical (unpaired) electrons. The first-order chi connectivity index (χ1) is 8.81. The third-order valence-corrected chi connectivity index (χ3v) is 3.06. The molecular formula is C15H16ClNO. The predicted octanol–water partition coefficient (Wildman–Crippen LogP) is 3.42. The van der Waals surface area contributed by atoms with Gasteiger partial charge in [-0.05, 0) is 30.7 Å². The van der Waals surface area contributed by atoms with Gasteiger partial charge in [-0.25, -0.2) is 0 Å². The molecule has 3 heteroatoms. The maximum atomic E-state index is 6.15. The minimum absolute atomic E-state index is 0.540. The lowest BCUT2D eigenvalue weighted by Gasteiger charge is -2.12. The van der Waals surface area contributed by atoms with Gasteiger partial charge in [-0.2, -0.15) is 0 Å². The second-order valence-electron chi connectivity index (χ2n) is 4.03. The molecule has 2 rings (SSSR count). The van der Waals surface area contributed by atoms with Gasteiger partial charge in [0.05, 0.1) is 0 Å². The molecule has 2 N–H and O–H groups in total. The molecule has 2 nitrogen and oxygen atoms in total. The second-order valence-corrected chi connectivity index (χ2v) is 4.44. The van der Waals surface area contributed by atoms with Crippen LogP contribution in [0, 0.1) is 0 Å². The zero-order valence-electron chi connectivity index (χ0n) is 10.1. The smallest absolute Gasteiger partial charge is 0.124 e. The molecule has 2 aromatic rings. The van der Waals surface area contributed by atoms with E-state index in [4.69, 9.17) is 22.1 Å². The van der Waals surface area contributed by atoms with Crippen molar-refractivity contribution in [3.05, 3.63) is 64.7 Å². The van der Waals surface area contributed by atoms with Crippen LogP contribution in [0.3, 0.4) is 0 Å². The number of ether oxygens (including phenoxy) is 1. The molecule has 2 aromatic carbocycles. The van der Waals surface area contributed by atoms with Gasteiger partial charge in [-0.1, -0.05) is 48.0 Å². The summed E-state index contributed by atoms with van der Waals surface area (Å²) in [5, 5.41) is 0.714. The topological polar surface area (TPSA) is 35.2 Å². The molecule has 0 heterocycles. The molecule has 0 saturated heterocycles. The van der Waals surface area contributed by atoms with Crippen molar-refractivity contribution >= 4 is 11.6 Å². The summed E-state index contributed by atoms with van der Waals surface area (Å²) >= 11 is 6.15. The number of benzene rings is 2. The van der Waals surface area contributed by atoms with E-state index >= 15 is 0 Å². The molecule has 0 fully saturated rings. The van der Waals surface area contributed by atoms with Crippen molar-refractivity contribution in [2.45, 2.75) is 13.0 Å². The van der Waals surface area contributed by atoms with Crippen molar-refractivity contribution in [2.24, 2.45) is 5.73 Å². The molecule has 0 unspecified atom stereocenters. The number of rotatable bonds is 5. The van der Waals surface area contributed by atoms with E-state index in [1.54, 1.807) is 0 Å².